The summed E-state index contributed by atoms with van der Waals surface area (Å²) in [5.74, 6) is 0. The molecule has 1 fully saturated rings. The third kappa shape index (κ3) is 2.33. The molecule has 0 aromatic carbocycles. The van der Waals surface area contributed by atoms with Gasteiger partial charge < -0.3 is 4.79 Å². The molecule has 0 amide bonds. The summed E-state index contributed by atoms with van der Waals surface area (Å²) in [6, 6.07) is 0. The Kier molecular flexibility index (Phi) is 2.75. The van der Waals surface area contributed by atoms with Crippen LogP contribution in [0.1, 0.15) is 40.0 Å². The second-order valence-corrected chi connectivity index (χ2v) is 6.99. The number of rotatable bonds is 4. The number of carbonyl (C=O) groups excluding carboxylic acids is 1. The Bertz CT molecular complexity index is 322. The van der Waals surface area contributed by atoms with Gasteiger partial charge in [-0.2, -0.15) is 0 Å². The zero-order valence-corrected chi connectivity index (χ0v) is 9.65. The first-order chi connectivity index (χ1) is 6.22. The van der Waals surface area contributed by atoms with Crippen LogP contribution >= 0.6 is 0 Å². The van der Waals surface area contributed by atoms with Gasteiger partial charge in [0.2, 0.25) is 10.0 Å². The maximum atomic E-state index is 11.9. The van der Waals surface area contributed by atoms with Gasteiger partial charge >= 0.3 is 0 Å². The maximum Gasteiger partial charge on any atom is 0.218 e. The van der Waals surface area contributed by atoms with E-state index in [4.69, 9.17) is 0 Å². The highest BCUT2D eigenvalue weighted by molar-refractivity contribution is 7.91. The molecule has 0 radical (unpaired) electrons. The lowest BCUT2D eigenvalue weighted by Gasteiger charge is -2.24. The van der Waals surface area contributed by atoms with E-state index in [1.807, 2.05) is 0 Å². The van der Waals surface area contributed by atoms with E-state index in [-0.39, 0.29) is 6.42 Å². The Labute approximate surface area is 85.1 Å². The van der Waals surface area contributed by atoms with Gasteiger partial charge in [0.15, 0.2) is 0 Å². The Balaban J connectivity index is 2.81. The van der Waals surface area contributed by atoms with Gasteiger partial charge in [-0.15, -0.1) is 0 Å². The summed E-state index contributed by atoms with van der Waals surface area (Å²) in [4.78, 5) is 10.4. The lowest BCUT2D eigenvalue weighted by atomic mass is 10.1. The zero-order chi connectivity index (χ0) is 11.0. The minimum atomic E-state index is -3.35. The molecule has 1 saturated carbocycles. The summed E-state index contributed by atoms with van der Waals surface area (Å²) in [7, 11) is -3.35. The Morgan fingerprint density at radius 3 is 2.14 bits per heavy atom. The SMILES string of the molecule is CC(C)(C)NS(=O)(=O)C1(CC=O)CC1. The van der Waals surface area contributed by atoms with E-state index in [0.717, 1.165) is 0 Å². The van der Waals surface area contributed by atoms with E-state index in [1.54, 1.807) is 20.8 Å². The summed E-state index contributed by atoms with van der Waals surface area (Å²) in [6.45, 7) is 5.38. The summed E-state index contributed by atoms with van der Waals surface area (Å²) in [6.07, 6.45) is 1.99. The van der Waals surface area contributed by atoms with Crippen molar-refractivity contribution in [1.29, 1.82) is 0 Å². The van der Waals surface area contributed by atoms with Crippen molar-refractivity contribution in [2.75, 3.05) is 0 Å². The molecule has 0 saturated heterocycles. The first-order valence-electron chi connectivity index (χ1n) is 4.70. The smallest absolute Gasteiger partial charge is 0.218 e. The zero-order valence-electron chi connectivity index (χ0n) is 8.83. The van der Waals surface area contributed by atoms with Crippen LogP contribution in [0.3, 0.4) is 0 Å². The van der Waals surface area contributed by atoms with Crippen LogP contribution in [0.5, 0.6) is 0 Å². The van der Waals surface area contributed by atoms with E-state index in [2.05, 4.69) is 4.72 Å². The van der Waals surface area contributed by atoms with Gasteiger partial charge in [-0.25, -0.2) is 13.1 Å². The molecular weight excluding hydrogens is 202 g/mol. The van der Waals surface area contributed by atoms with E-state index in [0.29, 0.717) is 19.1 Å². The Hall–Kier alpha value is -0.420. The molecule has 0 spiro atoms. The normalized spacial score (nSPS) is 20.5. The third-order valence-electron chi connectivity index (χ3n) is 2.27. The van der Waals surface area contributed by atoms with Crippen LogP contribution in [0.4, 0.5) is 0 Å². The van der Waals surface area contributed by atoms with Crippen LogP contribution in [0.15, 0.2) is 0 Å². The van der Waals surface area contributed by atoms with E-state index < -0.39 is 20.3 Å². The molecule has 0 unspecified atom stereocenters. The van der Waals surface area contributed by atoms with Crippen LogP contribution < -0.4 is 4.72 Å². The van der Waals surface area contributed by atoms with Crippen LogP contribution in [0, 0.1) is 0 Å². The van der Waals surface area contributed by atoms with Crippen LogP contribution in [0.25, 0.3) is 0 Å². The molecule has 0 aliphatic heterocycles. The standard InChI is InChI=1S/C9H17NO3S/c1-8(2,3)10-14(12,13)9(4-5-9)6-7-11/h7,10H,4-6H2,1-3H3. The molecule has 4 nitrogen and oxygen atoms in total. The molecule has 1 aliphatic carbocycles. The monoisotopic (exact) mass is 219 g/mol. The lowest BCUT2D eigenvalue weighted by molar-refractivity contribution is -0.108. The van der Waals surface area contributed by atoms with Crippen molar-refractivity contribution in [3.05, 3.63) is 0 Å². The fourth-order valence-electron chi connectivity index (χ4n) is 1.39. The van der Waals surface area contributed by atoms with Gasteiger partial charge in [-0.05, 0) is 33.6 Å². The first kappa shape index (κ1) is 11.7. The maximum absolute atomic E-state index is 11.9. The van der Waals surface area contributed by atoms with E-state index in [9.17, 15) is 13.2 Å². The number of hydrogen-bond acceptors (Lipinski definition) is 3. The third-order valence-corrected chi connectivity index (χ3v) is 4.87. The molecule has 82 valence electrons. The van der Waals surface area contributed by atoms with Crippen molar-refractivity contribution < 1.29 is 13.2 Å². The van der Waals surface area contributed by atoms with Gasteiger partial charge in [-0.1, -0.05) is 0 Å². The van der Waals surface area contributed by atoms with Gasteiger partial charge in [0.05, 0.1) is 4.75 Å². The molecular formula is C9H17NO3S. The van der Waals surface area contributed by atoms with Gasteiger partial charge in [0.1, 0.15) is 6.29 Å². The quantitative estimate of drug-likeness (QED) is 0.712. The first-order valence-corrected chi connectivity index (χ1v) is 6.18. The molecule has 0 aromatic heterocycles. The summed E-state index contributed by atoms with van der Waals surface area (Å²) in [5.41, 5.74) is -0.475. The van der Waals surface area contributed by atoms with Crippen LogP contribution in [-0.2, 0) is 14.8 Å². The average Bonchev–Trinajstić information content (AvgIpc) is 2.63. The molecule has 0 aromatic rings. The van der Waals surface area contributed by atoms with E-state index in [1.165, 1.54) is 0 Å². The lowest BCUT2D eigenvalue weighted by Crippen LogP contribution is -2.46. The van der Waals surface area contributed by atoms with Crippen molar-refractivity contribution in [3.8, 4) is 0 Å². The fourth-order valence-corrected chi connectivity index (χ4v) is 3.33. The van der Waals surface area contributed by atoms with Crippen molar-refractivity contribution in [2.45, 2.75) is 50.3 Å². The fraction of sp³-hybridized carbons (Fsp3) is 0.889. The summed E-state index contributed by atoms with van der Waals surface area (Å²) >= 11 is 0. The van der Waals surface area contributed by atoms with Crippen molar-refractivity contribution in [1.82, 2.24) is 4.72 Å². The second-order valence-electron chi connectivity index (χ2n) is 4.91. The second kappa shape index (κ2) is 3.31. The number of aldehydes is 1. The van der Waals surface area contributed by atoms with Crippen LogP contribution in [0.2, 0.25) is 0 Å². The molecule has 1 aliphatic rings. The van der Waals surface area contributed by atoms with Gasteiger partial charge in [0, 0.05) is 12.0 Å². The van der Waals surface area contributed by atoms with Crippen molar-refractivity contribution >= 4 is 16.3 Å². The van der Waals surface area contributed by atoms with Crippen molar-refractivity contribution in [3.63, 3.8) is 0 Å². The highest BCUT2D eigenvalue weighted by atomic mass is 32.2. The van der Waals surface area contributed by atoms with E-state index >= 15 is 0 Å². The van der Waals surface area contributed by atoms with Crippen molar-refractivity contribution in [2.24, 2.45) is 0 Å². The van der Waals surface area contributed by atoms with Gasteiger partial charge in [-0.3, -0.25) is 0 Å². The average molecular weight is 219 g/mol. The topological polar surface area (TPSA) is 63.2 Å². The molecule has 1 rings (SSSR count). The summed E-state index contributed by atoms with van der Waals surface area (Å²) in [5, 5.41) is 0. The predicted octanol–water partition coefficient (Wildman–Crippen LogP) is 0.826. The predicted molar refractivity (Wildman–Crippen MR) is 54.5 cm³/mol. The highest BCUT2D eigenvalue weighted by Crippen LogP contribution is 2.45. The highest BCUT2D eigenvalue weighted by Gasteiger charge is 2.54. The summed E-state index contributed by atoms with van der Waals surface area (Å²) < 4.78 is 25.5. The molecule has 5 heteroatoms. The Morgan fingerprint density at radius 2 is 1.86 bits per heavy atom. The molecule has 0 bridgehead atoms. The molecule has 0 atom stereocenters. The number of hydrogen-bond donors (Lipinski definition) is 1. The number of nitrogens with one attached hydrogen (secondary N) is 1. The number of sulfonamides is 1. The molecule has 1 N–H and O–H groups in total. The Morgan fingerprint density at radius 1 is 1.36 bits per heavy atom. The number of carbonyl (C=O) groups is 1. The minimum absolute atomic E-state index is 0.110. The molecule has 14 heavy (non-hydrogen) atoms. The van der Waals surface area contributed by atoms with Gasteiger partial charge in [0.25, 0.3) is 0 Å². The minimum Gasteiger partial charge on any atom is -0.303 e. The molecule has 0 heterocycles. The largest absolute Gasteiger partial charge is 0.303 e. The van der Waals surface area contributed by atoms with Crippen LogP contribution in [-0.4, -0.2) is 25.0 Å².